The molecule has 0 atom stereocenters. The molecular formula is C19H16N5O4S+. The first-order valence-electron chi connectivity index (χ1n) is 8.58. The first-order valence-corrected chi connectivity index (χ1v) is 10.5. The van der Waals surface area contributed by atoms with Crippen LogP contribution in [0.5, 0.6) is 0 Å². The van der Waals surface area contributed by atoms with E-state index < -0.39 is 15.7 Å². The number of hydrazone groups is 1. The van der Waals surface area contributed by atoms with Crippen molar-refractivity contribution in [3.63, 3.8) is 0 Å². The molecule has 10 heteroatoms. The molecule has 146 valence electrons. The second kappa shape index (κ2) is 7.40. The summed E-state index contributed by atoms with van der Waals surface area (Å²) >= 11 is 0. The Morgan fingerprint density at radius 2 is 1.93 bits per heavy atom. The van der Waals surface area contributed by atoms with Crippen molar-refractivity contribution < 1.29 is 22.3 Å². The summed E-state index contributed by atoms with van der Waals surface area (Å²) in [5.74, 6) is -0.427. The molecule has 0 fully saturated rings. The van der Waals surface area contributed by atoms with Gasteiger partial charge in [0.15, 0.2) is 9.84 Å². The van der Waals surface area contributed by atoms with Crippen LogP contribution in [0.4, 0.5) is 11.7 Å². The van der Waals surface area contributed by atoms with Crippen LogP contribution in [0.1, 0.15) is 6.42 Å². The predicted molar refractivity (Wildman–Crippen MR) is 106 cm³/mol. The molecule has 1 N–H and O–H groups in total. The minimum absolute atomic E-state index is 0.0439. The van der Waals surface area contributed by atoms with E-state index in [-0.39, 0.29) is 10.9 Å². The average molecular weight is 410 g/mol. The number of rotatable bonds is 5. The van der Waals surface area contributed by atoms with Gasteiger partial charge in [0.25, 0.3) is 5.71 Å². The third-order valence-corrected chi connectivity index (χ3v) is 5.29. The molecular weight excluding hydrogens is 394 g/mol. The van der Waals surface area contributed by atoms with Crippen molar-refractivity contribution >= 4 is 39.4 Å². The topological polar surface area (TPSA) is 118 Å². The lowest BCUT2D eigenvalue weighted by molar-refractivity contribution is -0.440. The highest BCUT2D eigenvalue weighted by atomic mass is 32.2. The number of sulfone groups is 1. The zero-order valence-corrected chi connectivity index (χ0v) is 16.1. The monoisotopic (exact) mass is 410 g/mol. The van der Waals surface area contributed by atoms with E-state index in [1.807, 2.05) is 6.07 Å². The van der Waals surface area contributed by atoms with Crippen LogP contribution in [0.25, 0.3) is 11.4 Å². The Balaban J connectivity index is 1.56. The largest absolute Gasteiger partial charge is 0.431 e. The third-order valence-electron chi connectivity index (χ3n) is 4.16. The van der Waals surface area contributed by atoms with Gasteiger partial charge in [-0.2, -0.15) is 4.98 Å². The maximum absolute atomic E-state index is 12.7. The highest BCUT2D eigenvalue weighted by molar-refractivity contribution is 7.90. The molecule has 4 rings (SSSR count). The summed E-state index contributed by atoms with van der Waals surface area (Å²) in [4.78, 5) is 21.3. The van der Waals surface area contributed by atoms with E-state index in [1.54, 1.807) is 36.7 Å². The number of oxazole rings is 1. The van der Waals surface area contributed by atoms with Crippen molar-refractivity contribution in [1.82, 2.24) is 9.97 Å². The number of anilines is 1. The van der Waals surface area contributed by atoms with Crippen LogP contribution >= 0.6 is 0 Å². The number of pyridine rings is 1. The van der Waals surface area contributed by atoms with E-state index in [1.165, 1.54) is 23.1 Å². The van der Waals surface area contributed by atoms with Crippen molar-refractivity contribution in [3.8, 4) is 11.4 Å². The minimum atomic E-state index is -3.30. The van der Waals surface area contributed by atoms with Crippen LogP contribution < -0.4 is 5.32 Å². The Morgan fingerprint density at radius 3 is 2.62 bits per heavy atom. The Morgan fingerprint density at radius 1 is 1.14 bits per heavy atom. The summed E-state index contributed by atoms with van der Waals surface area (Å²) in [7, 11) is -3.30. The van der Waals surface area contributed by atoms with Gasteiger partial charge in [0, 0.05) is 24.6 Å². The van der Waals surface area contributed by atoms with Gasteiger partial charge in [-0.05, 0) is 34.1 Å². The lowest BCUT2D eigenvalue weighted by atomic mass is 10.2. The summed E-state index contributed by atoms with van der Waals surface area (Å²) in [6.45, 7) is 0. The van der Waals surface area contributed by atoms with Gasteiger partial charge >= 0.3 is 11.9 Å². The molecule has 3 aromatic rings. The quantitative estimate of drug-likeness (QED) is 0.645. The standard InChI is InChI=1S/C19H15N5O4S/c1-29(26,27)14-7-5-13(6-8-14)24-17(9-11-21-24)18(25)23-19-22-16(12-28-19)15-4-2-3-10-20-15/h2-8,10-12H,9H2,1H3/p+1. The van der Waals surface area contributed by atoms with Gasteiger partial charge in [0.1, 0.15) is 12.0 Å². The lowest BCUT2D eigenvalue weighted by Gasteiger charge is -2.00. The number of carbonyl (C=O) groups is 1. The molecule has 1 aliphatic heterocycles. The number of hydrogen-bond donors (Lipinski definition) is 1. The van der Waals surface area contributed by atoms with E-state index in [0.29, 0.717) is 29.2 Å². The first-order chi connectivity index (χ1) is 13.9. The molecule has 9 nitrogen and oxygen atoms in total. The normalized spacial score (nSPS) is 13.7. The Hall–Kier alpha value is -3.66. The predicted octanol–water partition coefficient (Wildman–Crippen LogP) is 2.25. The molecule has 0 unspecified atom stereocenters. The Bertz CT molecular complexity index is 1230. The minimum Gasteiger partial charge on any atom is -0.431 e. The number of aromatic nitrogens is 2. The zero-order valence-electron chi connectivity index (χ0n) is 15.3. The van der Waals surface area contributed by atoms with E-state index >= 15 is 0 Å². The van der Waals surface area contributed by atoms with Gasteiger partial charge in [0.2, 0.25) is 5.69 Å². The fourth-order valence-corrected chi connectivity index (χ4v) is 3.37. The number of amides is 1. The summed E-state index contributed by atoms with van der Waals surface area (Å²) in [6, 6.07) is 11.6. The second-order valence-corrected chi connectivity index (χ2v) is 8.25. The molecule has 2 aromatic heterocycles. The first kappa shape index (κ1) is 18.7. The van der Waals surface area contributed by atoms with Crippen LogP contribution in [0.3, 0.4) is 0 Å². The number of nitrogens with one attached hydrogen (secondary N) is 1. The fourth-order valence-electron chi connectivity index (χ4n) is 2.74. The van der Waals surface area contributed by atoms with Crippen LogP contribution in [0.15, 0.2) is 69.3 Å². The van der Waals surface area contributed by atoms with Crippen LogP contribution in [-0.2, 0) is 14.6 Å². The molecule has 0 bridgehead atoms. The van der Waals surface area contributed by atoms with E-state index in [0.717, 1.165) is 6.26 Å². The molecule has 0 radical (unpaired) electrons. The van der Waals surface area contributed by atoms with Gasteiger partial charge in [-0.25, -0.2) is 8.42 Å². The highest BCUT2D eigenvalue weighted by Gasteiger charge is 2.30. The van der Waals surface area contributed by atoms with E-state index in [9.17, 15) is 13.2 Å². The summed E-state index contributed by atoms with van der Waals surface area (Å²) in [6.07, 6.45) is 6.09. The highest BCUT2D eigenvalue weighted by Crippen LogP contribution is 2.21. The maximum atomic E-state index is 12.7. The summed E-state index contributed by atoms with van der Waals surface area (Å²) < 4.78 is 30.0. The number of hydrogen-bond acceptors (Lipinski definition) is 7. The van der Waals surface area contributed by atoms with Gasteiger partial charge in [-0.15, -0.1) is 0 Å². The molecule has 0 saturated carbocycles. The molecule has 0 aliphatic carbocycles. The molecule has 1 amide bonds. The van der Waals surface area contributed by atoms with Crippen molar-refractivity contribution in [1.29, 1.82) is 0 Å². The summed E-state index contributed by atoms with van der Waals surface area (Å²) in [5.41, 5.74) is 2.05. The molecule has 1 aromatic carbocycles. The van der Waals surface area contributed by atoms with Gasteiger partial charge in [-0.1, -0.05) is 6.07 Å². The fraction of sp³-hybridized carbons (Fsp3) is 0.105. The summed E-state index contributed by atoms with van der Waals surface area (Å²) in [5, 5.41) is 6.81. The van der Waals surface area contributed by atoms with E-state index in [2.05, 4.69) is 20.4 Å². The number of carbonyl (C=O) groups excluding carboxylic acids is 1. The van der Waals surface area contributed by atoms with Crippen molar-refractivity contribution in [2.75, 3.05) is 11.6 Å². The maximum Gasteiger partial charge on any atom is 0.322 e. The van der Waals surface area contributed by atoms with Crippen molar-refractivity contribution in [2.24, 2.45) is 5.10 Å². The average Bonchev–Trinajstić information content (AvgIpc) is 3.38. The number of nitrogens with zero attached hydrogens (tertiary/aromatic N) is 4. The SMILES string of the molecule is CS(=O)(=O)c1ccc([N+]2=C(C(=O)Nc3nc(-c4ccccn4)co3)CC=N2)cc1. The van der Waals surface area contributed by atoms with Crippen LogP contribution in [-0.4, -0.2) is 47.2 Å². The zero-order chi connectivity index (χ0) is 20.4. The van der Waals surface area contributed by atoms with Gasteiger partial charge in [0.05, 0.1) is 23.2 Å². The third kappa shape index (κ3) is 3.97. The van der Waals surface area contributed by atoms with Gasteiger partial charge in [-0.3, -0.25) is 15.1 Å². The number of benzene rings is 1. The van der Waals surface area contributed by atoms with Crippen molar-refractivity contribution in [2.45, 2.75) is 11.3 Å². The molecule has 3 heterocycles. The lowest BCUT2D eigenvalue weighted by Crippen LogP contribution is -2.26. The molecule has 0 spiro atoms. The second-order valence-electron chi connectivity index (χ2n) is 6.23. The Labute approximate surface area is 166 Å². The smallest absolute Gasteiger partial charge is 0.322 e. The molecule has 1 aliphatic rings. The Kier molecular flexibility index (Phi) is 4.77. The van der Waals surface area contributed by atoms with Gasteiger partial charge < -0.3 is 4.42 Å². The van der Waals surface area contributed by atoms with Crippen LogP contribution in [0.2, 0.25) is 0 Å². The van der Waals surface area contributed by atoms with Crippen LogP contribution in [0, 0.1) is 0 Å². The van der Waals surface area contributed by atoms with Crippen molar-refractivity contribution in [3.05, 3.63) is 54.9 Å². The molecule has 29 heavy (non-hydrogen) atoms. The van der Waals surface area contributed by atoms with E-state index in [4.69, 9.17) is 4.42 Å². The molecule has 0 saturated heterocycles.